The van der Waals surface area contributed by atoms with E-state index < -0.39 is 12.5 Å². The van der Waals surface area contributed by atoms with Gasteiger partial charge < -0.3 is 11.5 Å². The molecule has 0 aliphatic heterocycles. The predicted octanol–water partition coefficient (Wildman–Crippen LogP) is -0.524. The summed E-state index contributed by atoms with van der Waals surface area (Å²) >= 11 is 0. The molecule has 0 saturated carbocycles. The largest absolute Gasteiger partial charge is 0.304 e. The zero-order chi connectivity index (χ0) is 7.28. The molecule has 0 fully saturated rings. The molecule has 0 rings (SSSR count). The molecule has 56 valence electrons. The number of hydrogen-bond donors (Lipinski definition) is 2. The van der Waals surface area contributed by atoms with Crippen LogP contribution in [0.2, 0.25) is 0 Å². The first-order valence-corrected chi connectivity index (χ1v) is 2.63. The molecule has 0 bridgehead atoms. The topological polar surface area (TPSA) is 79.7 Å². The molecular weight excluding hydrogens is 124 g/mol. The highest BCUT2D eigenvalue weighted by Gasteiger charge is 1.96. The lowest BCUT2D eigenvalue weighted by Crippen LogP contribution is -2.24. The van der Waals surface area contributed by atoms with Crippen LogP contribution in [-0.4, -0.2) is 12.5 Å². The molecule has 0 saturated heterocycles. The first-order valence-electron chi connectivity index (χ1n) is 2.63. The molecule has 5 nitrogen and oxygen atoms in total. The summed E-state index contributed by atoms with van der Waals surface area (Å²) in [6, 6.07) is 0. The summed E-state index contributed by atoms with van der Waals surface area (Å²) in [7, 11) is 0. The van der Waals surface area contributed by atoms with Gasteiger partial charge >= 0.3 is 0 Å². The van der Waals surface area contributed by atoms with Crippen LogP contribution in [0.3, 0.4) is 0 Å². The standard InChI is InChI=1S/C4H12N2O3/c1-3(5)7-9-8-4(2)6/h3-4H,5-6H2,1-2H3. The van der Waals surface area contributed by atoms with Crippen LogP contribution in [0, 0.1) is 0 Å². The van der Waals surface area contributed by atoms with Crippen LogP contribution in [-0.2, 0) is 14.8 Å². The molecule has 0 radical (unpaired) electrons. The smallest absolute Gasteiger partial charge is 0.141 e. The molecule has 4 N–H and O–H groups in total. The average Bonchev–Trinajstić information content (AvgIpc) is 1.63. The van der Waals surface area contributed by atoms with Crippen molar-refractivity contribution in [3.8, 4) is 0 Å². The predicted molar refractivity (Wildman–Crippen MR) is 30.6 cm³/mol. The lowest BCUT2D eigenvalue weighted by atomic mass is 10.7. The van der Waals surface area contributed by atoms with Gasteiger partial charge in [0.05, 0.1) is 0 Å². The van der Waals surface area contributed by atoms with E-state index in [2.05, 4.69) is 14.8 Å². The Bertz CT molecular complexity index is 58.8. The monoisotopic (exact) mass is 136 g/mol. The Morgan fingerprint density at radius 2 is 1.33 bits per heavy atom. The average molecular weight is 136 g/mol. The number of hydrogen-bond acceptors (Lipinski definition) is 5. The van der Waals surface area contributed by atoms with Gasteiger partial charge in [-0.25, -0.2) is 0 Å². The normalized spacial score (nSPS) is 17.3. The van der Waals surface area contributed by atoms with Crippen molar-refractivity contribution in [2.24, 2.45) is 11.5 Å². The molecule has 0 amide bonds. The van der Waals surface area contributed by atoms with E-state index in [9.17, 15) is 0 Å². The molecular formula is C4H12N2O3. The molecule has 0 spiro atoms. The van der Waals surface area contributed by atoms with Crippen LogP contribution in [0.25, 0.3) is 0 Å². The molecule has 9 heavy (non-hydrogen) atoms. The van der Waals surface area contributed by atoms with E-state index in [0.717, 1.165) is 0 Å². The fourth-order valence-corrected chi connectivity index (χ4v) is 0.147. The molecule has 0 aliphatic rings. The quantitative estimate of drug-likeness (QED) is 0.308. The second-order valence-electron chi connectivity index (χ2n) is 1.67. The van der Waals surface area contributed by atoms with Crippen molar-refractivity contribution in [2.45, 2.75) is 26.3 Å². The molecule has 2 unspecified atom stereocenters. The van der Waals surface area contributed by atoms with E-state index in [1.54, 1.807) is 13.8 Å². The highest BCUT2D eigenvalue weighted by atomic mass is 17.5. The van der Waals surface area contributed by atoms with Gasteiger partial charge in [-0.05, 0) is 13.8 Å². The van der Waals surface area contributed by atoms with Crippen molar-refractivity contribution in [3.05, 3.63) is 0 Å². The first kappa shape index (κ1) is 8.80. The van der Waals surface area contributed by atoms with Gasteiger partial charge in [0, 0.05) is 0 Å². The highest BCUT2D eigenvalue weighted by Crippen LogP contribution is 1.86. The second kappa shape index (κ2) is 4.66. The van der Waals surface area contributed by atoms with E-state index in [-0.39, 0.29) is 0 Å². The van der Waals surface area contributed by atoms with Gasteiger partial charge in [-0.3, -0.25) is 0 Å². The second-order valence-corrected chi connectivity index (χ2v) is 1.67. The molecule has 5 heteroatoms. The van der Waals surface area contributed by atoms with Crippen LogP contribution < -0.4 is 11.5 Å². The van der Waals surface area contributed by atoms with Gasteiger partial charge in [-0.15, -0.1) is 0 Å². The lowest BCUT2D eigenvalue weighted by Gasteiger charge is -2.06. The van der Waals surface area contributed by atoms with E-state index >= 15 is 0 Å². The van der Waals surface area contributed by atoms with Crippen molar-refractivity contribution in [2.75, 3.05) is 0 Å². The minimum absolute atomic E-state index is 0.510. The SMILES string of the molecule is CC(N)OOOC(C)N. The van der Waals surface area contributed by atoms with Crippen molar-refractivity contribution in [1.82, 2.24) is 0 Å². The number of nitrogens with two attached hydrogens (primary N) is 2. The molecule has 0 aliphatic carbocycles. The summed E-state index contributed by atoms with van der Waals surface area (Å²) in [5.74, 6) is 0. The van der Waals surface area contributed by atoms with E-state index in [1.165, 1.54) is 0 Å². The maximum Gasteiger partial charge on any atom is 0.141 e. The Hall–Kier alpha value is -0.200. The summed E-state index contributed by atoms with van der Waals surface area (Å²) in [4.78, 5) is 8.66. The zero-order valence-corrected chi connectivity index (χ0v) is 5.53. The summed E-state index contributed by atoms with van der Waals surface area (Å²) in [5, 5.41) is 4.11. The van der Waals surface area contributed by atoms with Crippen LogP contribution in [0.4, 0.5) is 0 Å². The van der Waals surface area contributed by atoms with E-state index in [1.807, 2.05) is 0 Å². The molecule has 0 aromatic rings. The Morgan fingerprint density at radius 1 is 1.00 bits per heavy atom. The molecule has 2 atom stereocenters. The maximum atomic E-state index is 5.11. The van der Waals surface area contributed by atoms with Gasteiger partial charge in [0.15, 0.2) is 0 Å². The lowest BCUT2D eigenvalue weighted by molar-refractivity contribution is -0.535. The molecule has 0 heterocycles. The van der Waals surface area contributed by atoms with Crippen LogP contribution in [0.15, 0.2) is 0 Å². The minimum Gasteiger partial charge on any atom is -0.304 e. The fourth-order valence-electron chi connectivity index (χ4n) is 0.147. The van der Waals surface area contributed by atoms with Gasteiger partial charge in [-0.1, -0.05) is 5.04 Å². The Labute approximate surface area is 53.7 Å². The van der Waals surface area contributed by atoms with Crippen molar-refractivity contribution in [3.63, 3.8) is 0 Å². The Balaban J connectivity index is 2.91. The Morgan fingerprint density at radius 3 is 1.56 bits per heavy atom. The summed E-state index contributed by atoms with van der Waals surface area (Å²) in [6.07, 6.45) is -1.02. The Kier molecular flexibility index (Phi) is 4.55. The van der Waals surface area contributed by atoms with E-state index in [4.69, 9.17) is 11.5 Å². The highest BCUT2D eigenvalue weighted by molar-refractivity contribution is 4.23. The van der Waals surface area contributed by atoms with Gasteiger partial charge in [0.2, 0.25) is 0 Å². The summed E-state index contributed by atoms with van der Waals surface area (Å²) < 4.78 is 0. The van der Waals surface area contributed by atoms with Crippen molar-refractivity contribution in [1.29, 1.82) is 0 Å². The maximum absolute atomic E-state index is 5.11. The van der Waals surface area contributed by atoms with Gasteiger partial charge in [0.1, 0.15) is 12.5 Å². The van der Waals surface area contributed by atoms with Crippen molar-refractivity contribution < 1.29 is 14.8 Å². The van der Waals surface area contributed by atoms with Crippen LogP contribution >= 0.6 is 0 Å². The third kappa shape index (κ3) is 7.80. The third-order valence-corrected chi connectivity index (χ3v) is 0.382. The minimum atomic E-state index is -0.510. The van der Waals surface area contributed by atoms with Gasteiger partial charge in [-0.2, -0.15) is 9.78 Å². The van der Waals surface area contributed by atoms with Gasteiger partial charge in [0.25, 0.3) is 0 Å². The third-order valence-electron chi connectivity index (χ3n) is 0.382. The summed E-state index contributed by atoms with van der Waals surface area (Å²) in [5.41, 5.74) is 10.2. The van der Waals surface area contributed by atoms with Crippen LogP contribution in [0.5, 0.6) is 0 Å². The van der Waals surface area contributed by atoms with Crippen LogP contribution in [0.1, 0.15) is 13.8 Å². The molecule has 0 aromatic heterocycles. The number of rotatable bonds is 4. The van der Waals surface area contributed by atoms with E-state index in [0.29, 0.717) is 0 Å². The molecule has 0 aromatic carbocycles. The van der Waals surface area contributed by atoms with Crippen molar-refractivity contribution >= 4 is 0 Å². The first-order chi connectivity index (χ1) is 4.13. The zero-order valence-electron chi connectivity index (χ0n) is 5.53. The fraction of sp³-hybridized carbons (Fsp3) is 1.00. The summed E-state index contributed by atoms with van der Waals surface area (Å²) in [6.45, 7) is 3.20.